The van der Waals surface area contributed by atoms with E-state index in [-0.39, 0.29) is 11.7 Å². The first-order chi connectivity index (χ1) is 17.0. The maximum atomic E-state index is 13.9. The SMILES string of the molecule is COc1ccccc1-c1[nH]c(C)cc1C(=O)NCC1CCC(c2ccnc3ccc(F)cc23)CC1. The average Bonchev–Trinajstić information content (AvgIpc) is 3.28. The van der Waals surface area contributed by atoms with Crippen molar-refractivity contribution in [2.75, 3.05) is 13.7 Å². The van der Waals surface area contributed by atoms with Crippen LogP contribution in [0.25, 0.3) is 22.2 Å². The number of hydrogen-bond acceptors (Lipinski definition) is 3. The van der Waals surface area contributed by atoms with Crippen molar-refractivity contribution in [1.29, 1.82) is 0 Å². The molecule has 2 aromatic heterocycles. The van der Waals surface area contributed by atoms with Crippen molar-refractivity contribution in [3.63, 3.8) is 0 Å². The Labute approximate surface area is 204 Å². The number of fused-ring (bicyclic) bond motifs is 1. The van der Waals surface area contributed by atoms with Gasteiger partial charge in [-0.3, -0.25) is 9.78 Å². The highest BCUT2D eigenvalue weighted by molar-refractivity contribution is 6.01. The molecule has 5 rings (SSSR count). The summed E-state index contributed by atoms with van der Waals surface area (Å²) < 4.78 is 19.4. The van der Waals surface area contributed by atoms with Crippen LogP contribution in [0.5, 0.6) is 5.75 Å². The van der Waals surface area contributed by atoms with Crippen LogP contribution >= 0.6 is 0 Å². The van der Waals surface area contributed by atoms with Gasteiger partial charge in [-0.1, -0.05) is 12.1 Å². The molecule has 35 heavy (non-hydrogen) atoms. The van der Waals surface area contributed by atoms with Gasteiger partial charge in [0, 0.05) is 29.4 Å². The van der Waals surface area contributed by atoms with Crippen molar-refractivity contribution in [1.82, 2.24) is 15.3 Å². The maximum Gasteiger partial charge on any atom is 0.253 e. The number of aromatic nitrogens is 2. The third-order valence-electron chi connectivity index (χ3n) is 7.15. The molecule has 1 aliphatic carbocycles. The van der Waals surface area contributed by atoms with Crippen LogP contribution in [0.1, 0.15) is 53.2 Å². The fourth-order valence-electron chi connectivity index (χ4n) is 5.34. The van der Waals surface area contributed by atoms with Gasteiger partial charge in [-0.2, -0.15) is 0 Å². The number of pyridine rings is 1. The van der Waals surface area contributed by atoms with E-state index in [2.05, 4.69) is 15.3 Å². The molecule has 1 aliphatic rings. The van der Waals surface area contributed by atoms with E-state index in [0.717, 1.165) is 59.3 Å². The number of amides is 1. The lowest BCUT2D eigenvalue weighted by Gasteiger charge is -2.29. The number of methoxy groups -OCH3 is 1. The van der Waals surface area contributed by atoms with E-state index >= 15 is 0 Å². The number of hydrogen-bond donors (Lipinski definition) is 2. The van der Waals surface area contributed by atoms with Crippen molar-refractivity contribution < 1.29 is 13.9 Å². The topological polar surface area (TPSA) is 67.0 Å². The van der Waals surface area contributed by atoms with Gasteiger partial charge in [-0.15, -0.1) is 0 Å². The van der Waals surface area contributed by atoms with Crippen molar-refractivity contribution >= 4 is 16.8 Å². The van der Waals surface area contributed by atoms with Crippen LogP contribution < -0.4 is 10.1 Å². The summed E-state index contributed by atoms with van der Waals surface area (Å²) in [6.07, 6.45) is 5.91. The van der Waals surface area contributed by atoms with E-state index in [4.69, 9.17) is 4.74 Å². The first kappa shape index (κ1) is 23.1. The predicted molar refractivity (Wildman–Crippen MR) is 136 cm³/mol. The molecule has 180 valence electrons. The Kier molecular flexibility index (Phi) is 6.53. The molecule has 0 unspecified atom stereocenters. The molecule has 0 saturated heterocycles. The molecular formula is C29H30FN3O2. The lowest BCUT2D eigenvalue weighted by molar-refractivity contribution is 0.0943. The fraction of sp³-hybridized carbons (Fsp3) is 0.310. The Hall–Kier alpha value is -3.67. The zero-order valence-electron chi connectivity index (χ0n) is 20.1. The number of rotatable bonds is 6. The molecule has 1 amide bonds. The number of nitrogens with one attached hydrogen (secondary N) is 2. The summed E-state index contributed by atoms with van der Waals surface area (Å²) in [6.45, 7) is 2.60. The molecule has 2 N–H and O–H groups in total. The molecular weight excluding hydrogens is 441 g/mol. The third-order valence-corrected chi connectivity index (χ3v) is 7.15. The van der Waals surface area contributed by atoms with Gasteiger partial charge in [-0.25, -0.2) is 4.39 Å². The first-order valence-electron chi connectivity index (χ1n) is 12.2. The van der Waals surface area contributed by atoms with Crippen LogP contribution in [-0.4, -0.2) is 29.5 Å². The number of aromatic amines is 1. The second kappa shape index (κ2) is 9.90. The second-order valence-electron chi connectivity index (χ2n) is 9.43. The smallest absolute Gasteiger partial charge is 0.253 e. The number of carbonyl (C=O) groups is 1. The maximum absolute atomic E-state index is 13.9. The number of nitrogens with zero attached hydrogens (tertiary/aromatic N) is 1. The van der Waals surface area contributed by atoms with Crippen LogP contribution in [0.3, 0.4) is 0 Å². The van der Waals surface area contributed by atoms with Gasteiger partial charge in [0.25, 0.3) is 5.91 Å². The molecule has 0 bridgehead atoms. The summed E-state index contributed by atoms with van der Waals surface area (Å²) in [4.78, 5) is 20.9. The Morgan fingerprint density at radius 2 is 1.91 bits per heavy atom. The summed E-state index contributed by atoms with van der Waals surface area (Å²) in [6, 6.07) is 16.4. The normalized spacial score (nSPS) is 17.9. The van der Waals surface area contributed by atoms with Gasteiger partial charge in [0.15, 0.2) is 0 Å². The zero-order chi connectivity index (χ0) is 24.4. The van der Waals surface area contributed by atoms with Crippen molar-refractivity contribution in [2.45, 2.75) is 38.5 Å². The number of benzene rings is 2. The standard InChI is InChI=1S/C29H30FN3O2/c1-18-15-25(28(33-18)23-5-3-4-6-27(23)35-2)29(34)32-17-19-7-9-20(10-8-19)22-13-14-31-26-12-11-21(30)16-24(22)26/h3-6,11-16,19-20,33H,7-10,17H2,1-2H3,(H,32,34). The molecule has 0 aliphatic heterocycles. The summed E-state index contributed by atoms with van der Waals surface area (Å²) in [7, 11) is 1.63. The first-order valence-corrected chi connectivity index (χ1v) is 12.2. The Morgan fingerprint density at radius 3 is 2.71 bits per heavy atom. The van der Waals surface area contributed by atoms with E-state index in [0.29, 0.717) is 23.9 Å². The number of aryl methyl sites for hydroxylation is 1. The molecule has 2 heterocycles. The molecule has 0 radical (unpaired) electrons. The van der Waals surface area contributed by atoms with Crippen molar-refractivity contribution in [2.24, 2.45) is 5.92 Å². The summed E-state index contributed by atoms with van der Waals surface area (Å²) >= 11 is 0. The van der Waals surface area contributed by atoms with Gasteiger partial charge in [0.1, 0.15) is 11.6 Å². The van der Waals surface area contributed by atoms with Crippen LogP contribution in [0.2, 0.25) is 0 Å². The monoisotopic (exact) mass is 471 g/mol. The molecule has 0 spiro atoms. The van der Waals surface area contributed by atoms with Gasteiger partial charge in [0.2, 0.25) is 0 Å². The molecule has 5 nitrogen and oxygen atoms in total. The number of ether oxygens (including phenoxy) is 1. The van der Waals surface area contributed by atoms with Crippen molar-refractivity contribution in [3.05, 3.63) is 83.4 Å². The van der Waals surface area contributed by atoms with Crippen LogP contribution in [0.4, 0.5) is 4.39 Å². The van der Waals surface area contributed by atoms with E-state index in [1.807, 2.05) is 49.5 Å². The minimum absolute atomic E-state index is 0.0759. The van der Waals surface area contributed by atoms with Gasteiger partial charge < -0.3 is 15.0 Å². The molecule has 0 atom stereocenters. The van der Waals surface area contributed by atoms with Gasteiger partial charge in [0.05, 0.1) is 23.9 Å². The molecule has 1 fully saturated rings. The Balaban J connectivity index is 1.24. The summed E-state index contributed by atoms with van der Waals surface area (Å²) in [5.41, 5.74) is 5.23. The second-order valence-corrected chi connectivity index (χ2v) is 9.43. The van der Waals surface area contributed by atoms with E-state index in [1.165, 1.54) is 11.6 Å². The third kappa shape index (κ3) is 4.78. The predicted octanol–water partition coefficient (Wildman–Crippen LogP) is 6.39. The molecule has 2 aromatic carbocycles. The minimum atomic E-state index is -0.226. The molecule has 4 aromatic rings. The lowest BCUT2D eigenvalue weighted by atomic mass is 9.78. The van der Waals surface area contributed by atoms with E-state index in [9.17, 15) is 9.18 Å². The largest absolute Gasteiger partial charge is 0.496 e. The zero-order valence-corrected chi connectivity index (χ0v) is 20.1. The highest BCUT2D eigenvalue weighted by Crippen LogP contribution is 2.38. The minimum Gasteiger partial charge on any atom is -0.496 e. The number of H-pyrrole nitrogens is 1. The fourth-order valence-corrected chi connectivity index (χ4v) is 5.34. The molecule has 6 heteroatoms. The Morgan fingerprint density at radius 1 is 1.11 bits per heavy atom. The molecule has 1 saturated carbocycles. The summed E-state index contributed by atoms with van der Waals surface area (Å²) in [5.74, 6) is 1.24. The van der Waals surface area contributed by atoms with E-state index < -0.39 is 0 Å². The Bertz CT molecular complexity index is 1360. The van der Waals surface area contributed by atoms with E-state index in [1.54, 1.807) is 19.2 Å². The summed E-state index contributed by atoms with van der Waals surface area (Å²) in [5, 5.41) is 4.07. The number of carbonyl (C=O) groups excluding carboxylic acids is 1. The van der Waals surface area contributed by atoms with Crippen LogP contribution in [0, 0.1) is 18.7 Å². The highest BCUT2D eigenvalue weighted by atomic mass is 19.1. The highest BCUT2D eigenvalue weighted by Gasteiger charge is 2.25. The number of halogens is 1. The quantitative estimate of drug-likeness (QED) is 0.342. The van der Waals surface area contributed by atoms with Crippen molar-refractivity contribution in [3.8, 4) is 17.0 Å². The average molecular weight is 472 g/mol. The van der Waals surface area contributed by atoms with Crippen LogP contribution in [-0.2, 0) is 0 Å². The lowest BCUT2D eigenvalue weighted by Crippen LogP contribution is -2.31. The van der Waals surface area contributed by atoms with Crippen LogP contribution in [0.15, 0.2) is 60.8 Å². The van der Waals surface area contributed by atoms with Gasteiger partial charge in [-0.05, 0) is 92.5 Å². The number of para-hydroxylation sites is 1. The van der Waals surface area contributed by atoms with Gasteiger partial charge >= 0.3 is 0 Å².